The van der Waals surface area contributed by atoms with Crippen molar-refractivity contribution in [2.75, 3.05) is 13.1 Å². The molecule has 2 N–H and O–H groups in total. The maximum Gasteiger partial charge on any atom is 0.225 e. The van der Waals surface area contributed by atoms with Crippen molar-refractivity contribution in [3.63, 3.8) is 0 Å². The van der Waals surface area contributed by atoms with E-state index in [0.717, 1.165) is 16.8 Å². The Balaban J connectivity index is 1.60. The zero-order valence-corrected chi connectivity index (χ0v) is 18.3. The van der Waals surface area contributed by atoms with Crippen LogP contribution in [0, 0.1) is 5.41 Å². The molecule has 31 heavy (non-hydrogen) atoms. The minimum atomic E-state index is -0.443. The molecule has 0 bridgehead atoms. The predicted molar refractivity (Wildman–Crippen MR) is 121 cm³/mol. The molecule has 2 aromatic carbocycles. The number of aromatic nitrogens is 1. The van der Waals surface area contributed by atoms with Crippen molar-refractivity contribution in [2.24, 2.45) is 5.41 Å². The second-order valence-corrected chi connectivity index (χ2v) is 8.37. The summed E-state index contributed by atoms with van der Waals surface area (Å²) in [6.45, 7) is 6.34. The Morgan fingerprint density at radius 2 is 1.45 bits per heavy atom. The molecule has 0 radical (unpaired) electrons. The summed E-state index contributed by atoms with van der Waals surface area (Å²) < 4.78 is 6.05. The van der Waals surface area contributed by atoms with Crippen LogP contribution >= 0.6 is 0 Å². The van der Waals surface area contributed by atoms with E-state index in [1.54, 1.807) is 0 Å². The summed E-state index contributed by atoms with van der Waals surface area (Å²) in [7, 11) is 0. The lowest BCUT2D eigenvalue weighted by atomic mass is 9.96. The van der Waals surface area contributed by atoms with Crippen LogP contribution in [0.2, 0.25) is 0 Å². The van der Waals surface area contributed by atoms with Crippen molar-refractivity contribution in [1.29, 1.82) is 0 Å². The molecule has 2 amide bonds. The van der Waals surface area contributed by atoms with Crippen LogP contribution in [0.3, 0.4) is 0 Å². The first-order valence-electron chi connectivity index (χ1n) is 10.5. The highest BCUT2D eigenvalue weighted by molar-refractivity contribution is 5.81. The van der Waals surface area contributed by atoms with E-state index in [1.165, 1.54) is 0 Å². The number of amides is 2. The summed E-state index contributed by atoms with van der Waals surface area (Å²) in [5, 5.41) is 5.64. The molecule has 0 aliphatic carbocycles. The molecular weight excluding hydrogens is 390 g/mol. The van der Waals surface area contributed by atoms with Crippen molar-refractivity contribution in [3.05, 3.63) is 66.6 Å². The zero-order valence-electron chi connectivity index (χ0n) is 18.3. The van der Waals surface area contributed by atoms with Gasteiger partial charge in [0.25, 0.3) is 0 Å². The molecule has 0 fully saturated rings. The minimum Gasteiger partial charge on any atom is -0.440 e. The first-order valence-corrected chi connectivity index (χ1v) is 10.5. The molecule has 1 heterocycles. The van der Waals surface area contributed by atoms with Gasteiger partial charge in [-0.25, -0.2) is 4.98 Å². The van der Waals surface area contributed by atoms with Gasteiger partial charge in [0.2, 0.25) is 11.8 Å². The molecule has 3 aromatic rings. The Morgan fingerprint density at radius 3 is 2.06 bits per heavy atom. The van der Waals surface area contributed by atoms with Crippen LogP contribution in [-0.2, 0) is 16.0 Å². The van der Waals surface area contributed by atoms with E-state index in [1.807, 2.05) is 81.4 Å². The number of benzene rings is 2. The molecule has 162 valence electrons. The van der Waals surface area contributed by atoms with Crippen LogP contribution in [0.15, 0.2) is 65.1 Å². The molecule has 0 spiro atoms. The molecule has 0 atom stereocenters. The van der Waals surface area contributed by atoms with Crippen LogP contribution in [0.5, 0.6) is 0 Å². The van der Waals surface area contributed by atoms with Gasteiger partial charge in [0.05, 0.1) is 0 Å². The van der Waals surface area contributed by atoms with Crippen molar-refractivity contribution < 1.29 is 14.0 Å². The number of carbonyl (C=O) groups is 2. The van der Waals surface area contributed by atoms with E-state index in [-0.39, 0.29) is 18.2 Å². The summed E-state index contributed by atoms with van der Waals surface area (Å²) in [4.78, 5) is 28.7. The van der Waals surface area contributed by atoms with Gasteiger partial charge in [0.15, 0.2) is 11.7 Å². The van der Waals surface area contributed by atoms with E-state index >= 15 is 0 Å². The maximum absolute atomic E-state index is 12.2. The van der Waals surface area contributed by atoms with Crippen LogP contribution in [0.1, 0.15) is 33.1 Å². The molecule has 0 aliphatic heterocycles. The molecule has 0 saturated carbocycles. The molecule has 0 saturated heterocycles. The number of hydrogen-bond acceptors (Lipinski definition) is 4. The van der Waals surface area contributed by atoms with E-state index < -0.39 is 5.41 Å². The number of hydrogen-bond donors (Lipinski definition) is 2. The van der Waals surface area contributed by atoms with Gasteiger partial charge < -0.3 is 15.1 Å². The van der Waals surface area contributed by atoms with Gasteiger partial charge in [-0.2, -0.15) is 0 Å². The number of nitrogens with one attached hydrogen (secondary N) is 2. The SMILES string of the molecule is CC(C)(C)C(=O)NCCNC(=O)CCc1nc(-c2ccccc2)c(-c2ccccc2)o1. The van der Waals surface area contributed by atoms with Gasteiger partial charge in [-0.05, 0) is 0 Å². The summed E-state index contributed by atoms with van der Waals surface area (Å²) in [6.07, 6.45) is 0.656. The molecule has 6 nitrogen and oxygen atoms in total. The second kappa shape index (κ2) is 10.1. The highest BCUT2D eigenvalue weighted by atomic mass is 16.4. The van der Waals surface area contributed by atoms with Gasteiger partial charge in [0, 0.05) is 42.5 Å². The standard InChI is InChI=1S/C25H29N3O3/c1-25(2,3)24(30)27-17-16-26-20(29)14-15-21-28-22(18-10-6-4-7-11-18)23(31-21)19-12-8-5-9-13-19/h4-13H,14-17H2,1-3H3,(H,26,29)(H,27,30). The van der Waals surface area contributed by atoms with Crippen molar-refractivity contribution >= 4 is 11.8 Å². The van der Waals surface area contributed by atoms with Gasteiger partial charge in [-0.1, -0.05) is 81.4 Å². The van der Waals surface area contributed by atoms with E-state index in [4.69, 9.17) is 4.42 Å². The fraction of sp³-hybridized carbons (Fsp3) is 0.320. The third-order valence-electron chi connectivity index (χ3n) is 4.73. The Morgan fingerprint density at radius 1 is 0.871 bits per heavy atom. The van der Waals surface area contributed by atoms with E-state index in [2.05, 4.69) is 15.6 Å². The third kappa shape index (κ3) is 6.28. The molecule has 0 aliphatic rings. The van der Waals surface area contributed by atoms with E-state index in [9.17, 15) is 9.59 Å². The Hall–Kier alpha value is -3.41. The molecular formula is C25H29N3O3. The van der Waals surface area contributed by atoms with E-state index in [0.29, 0.717) is 31.2 Å². The van der Waals surface area contributed by atoms with Crippen LogP contribution in [0.25, 0.3) is 22.6 Å². The Bertz CT molecular complexity index is 948. The lowest BCUT2D eigenvalue weighted by molar-refractivity contribution is -0.128. The predicted octanol–water partition coefficient (Wildman–Crippen LogP) is 4.22. The van der Waals surface area contributed by atoms with Crippen LogP contribution in [0.4, 0.5) is 0 Å². The lowest BCUT2D eigenvalue weighted by Crippen LogP contribution is -2.39. The fourth-order valence-corrected chi connectivity index (χ4v) is 3.00. The first-order chi connectivity index (χ1) is 14.8. The van der Waals surface area contributed by atoms with Crippen molar-refractivity contribution in [1.82, 2.24) is 15.6 Å². The average Bonchev–Trinajstić information content (AvgIpc) is 3.20. The molecule has 3 rings (SSSR count). The quantitative estimate of drug-likeness (QED) is 0.536. The normalized spacial score (nSPS) is 11.2. The molecule has 1 aromatic heterocycles. The van der Waals surface area contributed by atoms with Gasteiger partial charge in [-0.15, -0.1) is 0 Å². The Kier molecular flexibility index (Phi) is 7.23. The largest absolute Gasteiger partial charge is 0.440 e. The van der Waals surface area contributed by atoms with Gasteiger partial charge >= 0.3 is 0 Å². The number of carbonyl (C=O) groups excluding carboxylic acids is 2. The number of aryl methyl sites for hydroxylation is 1. The van der Waals surface area contributed by atoms with Crippen molar-refractivity contribution in [2.45, 2.75) is 33.6 Å². The van der Waals surface area contributed by atoms with Crippen molar-refractivity contribution in [3.8, 4) is 22.6 Å². The highest BCUT2D eigenvalue weighted by Gasteiger charge is 2.20. The van der Waals surface area contributed by atoms with Crippen LogP contribution < -0.4 is 10.6 Å². The topological polar surface area (TPSA) is 84.2 Å². The number of nitrogens with zero attached hydrogens (tertiary/aromatic N) is 1. The lowest BCUT2D eigenvalue weighted by Gasteiger charge is -2.17. The minimum absolute atomic E-state index is 0.0385. The number of oxazole rings is 1. The Labute approximate surface area is 183 Å². The summed E-state index contributed by atoms with van der Waals surface area (Å²) >= 11 is 0. The monoisotopic (exact) mass is 419 g/mol. The molecule has 0 unspecified atom stereocenters. The number of rotatable bonds is 8. The summed E-state index contributed by atoms with van der Waals surface area (Å²) in [5.41, 5.74) is 2.24. The van der Waals surface area contributed by atoms with Crippen LogP contribution in [-0.4, -0.2) is 29.9 Å². The average molecular weight is 420 g/mol. The fourth-order valence-electron chi connectivity index (χ4n) is 3.00. The molecule has 6 heteroatoms. The zero-order chi connectivity index (χ0) is 22.3. The maximum atomic E-state index is 12.2. The summed E-state index contributed by atoms with van der Waals surface area (Å²) in [6, 6.07) is 19.7. The summed E-state index contributed by atoms with van der Waals surface area (Å²) in [5.74, 6) is 1.08. The second-order valence-electron chi connectivity index (χ2n) is 8.37. The third-order valence-corrected chi connectivity index (χ3v) is 4.73. The smallest absolute Gasteiger partial charge is 0.225 e. The highest BCUT2D eigenvalue weighted by Crippen LogP contribution is 2.32. The van der Waals surface area contributed by atoms with Gasteiger partial charge in [0.1, 0.15) is 5.69 Å². The van der Waals surface area contributed by atoms with Gasteiger partial charge in [-0.3, -0.25) is 9.59 Å². The first kappa shape index (κ1) is 22.3.